The molecule has 3 rings (SSSR count). The zero-order valence-electron chi connectivity index (χ0n) is 10.6. The summed E-state index contributed by atoms with van der Waals surface area (Å²) < 4.78 is 0. The van der Waals surface area contributed by atoms with E-state index < -0.39 is 0 Å². The van der Waals surface area contributed by atoms with Crippen molar-refractivity contribution < 1.29 is 4.79 Å². The number of hydrogen-bond acceptors (Lipinski definition) is 2. The fourth-order valence-electron chi connectivity index (χ4n) is 1.94. The van der Waals surface area contributed by atoms with Gasteiger partial charge in [-0.3, -0.25) is 10.1 Å². The lowest BCUT2D eigenvalue weighted by Crippen LogP contribution is -2.12. The third-order valence-corrected chi connectivity index (χ3v) is 3.64. The predicted octanol–water partition coefficient (Wildman–Crippen LogP) is 3.71. The van der Waals surface area contributed by atoms with Crippen LogP contribution in [0.2, 0.25) is 0 Å². The average Bonchev–Trinajstić information content (AvgIpc) is 2.89. The van der Waals surface area contributed by atoms with Gasteiger partial charge in [0.25, 0.3) is 5.91 Å². The Hall–Kier alpha value is -2.14. The zero-order valence-corrected chi connectivity index (χ0v) is 12.1. The van der Waals surface area contributed by atoms with Gasteiger partial charge in [-0.2, -0.15) is 0 Å². The zero-order chi connectivity index (χ0) is 13.9. The van der Waals surface area contributed by atoms with E-state index in [0.717, 1.165) is 21.9 Å². The van der Waals surface area contributed by atoms with E-state index in [-0.39, 0.29) is 5.91 Å². The molecule has 0 bridgehead atoms. The van der Waals surface area contributed by atoms with Gasteiger partial charge in [0.1, 0.15) is 0 Å². The molecular formula is C15H12BrN3O. The summed E-state index contributed by atoms with van der Waals surface area (Å²) in [4.78, 5) is 19.5. The van der Waals surface area contributed by atoms with Gasteiger partial charge in [-0.15, -0.1) is 0 Å². The molecule has 3 aromatic rings. The first-order chi connectivity index (χ1) is 9.76. The Morgan fingerprint density at radius 3 is 2.60 bits per heavy atom. The second-order valence-corrected chi connectivity index (χ2v) is 4.95. The molecule has 2 aromatic carbocycles. The molecule has 0 spiro atoms. The number of nitrogens with one attached hydrogen (secondary N) is 2. The maximum Gasteiger partial charge on any atom is 0.257 e. The van der Waals surface area contributed by atoms with Crippen LogP contribution in [0.4, 0.5) is 5.95 Å². The van der Waals surface area contributed by atoms with Crippen molar-refractivity contribution in [2.75, 3.05) is 5.32 Å². The Morgan fingerprint density at radius 2 is 1.90 bits per heavy atom. The first kappa shape index (κ1) is 12.9. The molecule has 5 heteroatoms. The lowest BCUT2D eigenvalue weighted by atomic mass is 10.1. The van der Waals surface area contributed by atoms with E-state index in [1.807, 2.05) is 36.4 Å². The van der Waals surface area contributed by atoms with Crippen molar-refractivity contribution in [1.82, 2.24) is 9.97 Å². The fourth-order valence-corrected chi connectivity index (χ4v) is 2.31. The smallest absolute Gasteiger partial charge is 0.257 e. The monoisotopic (exact) mass is 329 g/mol. The second kappa shape index (κ2) is 5.46. The molecule has 1 amide bonds. The van der Waals surface area contributed by atoms with Crippen LogP contribution in [0, 0.1) is 0 Å². The summed E-state index contributed by atoms with van der Waals surface area (Å²) in [6.45, 7) is 0. The van der Waals surface area contributed by atoms with E-state index in [2.05, 4.69) is 31.2 Å². The number of anilines is 1. The summed E-state index contributed by atoms with van der Waals surface area (Å²) in [5.74, 6) is 0.283. The maximum absolute atomic E-state index is 12.1. The topological polar surface area (TPSA) is 57.8 Å². The van der Waals surface area contributed by atoms with Crippen molar-refractivity contribution in [3.05, 3.63) is 59.7 Å². The van der Waals surface area contributed by atoms with E-state index in [1.165, 1.54) is 0 Å². The minimum Gasteiger partial charge on any atom is -0.324 e. The first-order valence-electron chi connectivity index (χ1n) is 6.17. The molecule has 2 N–H and O–H groups in total. The van der Waals surface area contributed by atoms with Gasteiger partial charge >= 0.3 is 0 Å². The number of hydrogen-bond donors (Lipinski definition) is 2. The average molecular weight is 330 g/mol. The number of amides is 1. The number of halogens is 1. The molecule has 0 aliphatic heterocycles. The Morgan fingerprint density at radius 1 is 1.15 bits per heavy atom. The maximum atomic E-state index is 12.1. The molecule has 1 aromatic heterocycles. The summed E-state index contributed by atoms with van der Waals surface area (Å²) in [6.07, 6.45) is 0. The van der Waals surface area contributed by atoms with Crippen molar-refractivity contribution in [3.8, 4) is 0 Å². The molecule has 100 valence electrons. The summed E-state index contributed by atoms with van der Waals surface area (Å²) in [5.41, 5.74) is 3.47. The quantitative estimate of drug-likeness (QED) is 0.719. The van der Waals surface area contributed by atoms with Crippen LogP contribution in [0.15, 0.2) is 48.5 Å². The van der Waals surface area contributed by atoms with E-state index >= 15 is 0 Å². The molecule has 0 unspecified atom stereocenters. The van der Waals surface area contributed by atoms with Crippen LogP contribution >= 0.6 is 15.9 Å². The molecular weight excluding hydrogens is 318 g/mol. The number of benzene rings is 2. The van der Waals surface area contributed by atoms with Crippen LogP contribution in [0.5, 0.6) is 0 Å². The van der Waals surface area contributed by atoms with Crippen molar-refractivity contribution >= 4 is 38.8 Å². The van der Waals surface area contributed by atoms with E-state index in [4.69, 9.17) is 0 Å². The molecule has 0 aliphatic carbocycles. The van der Waals surface area contributed by atoms with E-state index in [0.29, 0.717) is 11.5 Å². The normalized spacial score (nSPS) is 10.7. The number of H-pyrrole nitrogens is 1. The number of para-hydroxylation sites is 2. The SMILES string of the molecule is O=C(Nc1nc2ccccc2[nH]1)c1ccc(CBr)cc1. The van der Waals surface area contributed by atoms with Crippen molar-refractivity contribution in [2.45, 2.75) is 5.33 Å². The standard InChI is InChI=1S/C15H12BrN3O/c16-9-10-5-7-11(8-6-10)14(20)19-15-17-12-3-1-2-4-13(12)18-15/h1-8H,9H2,(H2,17,18,19,20). The number of aromatic amines is 1. The third kappa shape index (κ3) is 2.58. The number of fused-ring (bicyclic) bond motifs is 1. The number of alkyl halides is 1. The largest absolute Gasteiger partial charge is 0.324 e. The highest BCUT2D eigenvalue weighted by Crippen LogP contribution is 2.14. The third-order valence-electron chi connectivity index (χ3n) is 2.99. The second-order valence-electron chi connectivity index (χ2n) is 4.39. The molecule has 0 saturated carbocycles. The van der Waals surface area contributed by atoms with E-state index in [1.54, 1.807) is 12.1 Å². The number of aromatic nitrogens is 2. The minimum atomic E-state index is -0.176. The molecule has 0 fully saturated rings. The van der Waals surface area contributed by atoms with Gasteiger partial charge in [0.05, 0.1) is 11.0 Å². The van der Waals surface area contributed by atoms with E-state index in [9.17, 15) is 4.79 Å². The molecule has 0 saturated heterocycles. The van der Waals surface area contributed by atoms with Crippen molar-refractivity contribution in [2.24, 2.45) is 0 Å². The van der Waals surface area contributed by atoms with Crippen molar-refractivity contribution in [3.63, 3.8) is 0 Å². The summed E-state index contributed by atoms with van der Waals surface area (Å²) in [5, 5.41) is 3.54. The lowest BCUT2D eigenvalue weighted by Gasteiger charge is -2.02. The van der Waals surface area contributed by atoms with Crippen LogP contribution in [-0.2, 0) is 5.33 Å². The van der Waals surface area contributed by atoms with Gasteiger partial charge in [0.2, 0.25) is 5.95 Å². The predicted molar refractivity (Wildman–Crippen MR) is 83.1 cm³/mol. The highest BCUT2D eigenvalue weighted by molar-refractivity contribution is 9.08. The van der Waals surface area contributed by atoms with Gasteiger partial charge in [-0.1, -0.05) is 40.2 Å². The highest BCUT2D eigenvalue weighted by Gasteiger charge is 2.08. The number of rotatable bonds is 3. The molecule has 1 heterocycles. The first-order valence-corrected chi connectivity index (χ1v) is 7.29. The summed E-state index contributed by atoms with van der Waals surface area (Å²) in [6, 6.07) is 15.1. The molecule has 20 heavy (non-hydrogen) atoms. The van der Waals surface area contributed by atoms with Crippen LogP contribution in [0.25, 0.3) is 11.0 Å². The lowest BCUT2D eigenvalue weighted by molar-refractivity contribution is 0.102. The molecule has 0 radical (unpaired) electrons. The Balaban J connectivity index is 1.80. The number of carbonyl (C=O) groups excluding carboxylic acids is 1. The van der Waals surface area contributed by atoms with Crippen LogP contribution in [0.3, 0.4) is 0 Å². The highest BCUT2D eigenvalue weighted by atomic mass is 79.9. The van der Waals surface area contributed by atoms with Crippen LogP contribution in [-0.4, -0.2) is 15.9 Å². The molecule has 4 nitrogen and oxygen atoms in total. The van der Waals surface area contributed by atoms with Crippen molar-refractivity contribution in [1.29, 1.82) is 0 Å². The number of carbonyl (C=O) groups is 1. The van der Waals surface area contributed by atoms with Gasteiger partial charge in [0, 0.05) is 10.9 Å². The Bertz CT molecular complexity index is 716. The summed E-state index contributed by atoms with van der Waals surface area (Å²) in [7, 11) is 0. The number of nitrogens with zero attached hydrogens (tertiary/aromatic N) is 1. The fraction of sp³-hybridized carbons (Fsp3) is 0.0667. The van der Waals surface area contributed by atoms with Gasteiger partial charge < -0.3 is 4.98 Å². The van der Waals surface area contributed by atoms with Crippen LogP contribution < -0.4 is 5.32 Å². The van der Waals surface area contributed by atoms with Crippen LogP contribution in [0.1, 0.15) is 15.9 Å². The van der Waals surface area contributed by atoms with Gasteiger partial charge in [-0.05, 0) is 29.8 Å². The Kier molecular flexibility index (Phi) is 3.52. The Labute approximate surface area is 124 Å². The minimum absolute atomic E-state index is 0.176. The molecule has 0 atom stereocenters. The van der Waals surface area contributed by atoms with Gasteiger partial charge in [0.15, 0.2) is 0 Å². The summed E-state index contributed by atoms with van der Waals surface area (Å²) >= 11 is 3.38. The molecule has 0 aliphatic rings. The van der Waals surface area contributed by atoms with Gasteiger partial charge in [-0.25, -0.2) is 4.98 Å². The number of imidazole rings is 1.